The zero-order chi connectivity index (χ0) is 17.5. The normalized spacial score (nSPS) is 19.3. The van der Waals surface area contributed by atoms with Crippen LogP contribution < -0.4 is 10.6 Å². The second kappa shape index (κ2) is 8.59. The lowest BCUT2D eigenvalue weighted by Crippen LogP contribution is -2.49. The van der Waals surface area contributed by atoms with Crippen LogP contribution in [0.5, 0.6) is 0 Å². The molecule has 2 atom stereocenters. The Hall–Kier alpha value is -2.45. The van der Waals surface area contributed by atoms with E-state index in [2.05, 4.69) is 25.7 Å². The standard InChI is InChI=1S/C17H23N5O3/c1-13(15-4-3-8-25-15)20-17(23)12-22-7-9-24-14(11-22)10-18-16-5-2-6-19-21-16/h2-6,8,13-14H,7,9-12H2,1H3,(H,18,21)(H,20,23). The van der Waals surface area contributed by atoms with E-state index in [0.717, 1.165) is 12.3 Å². The van der Waals surface area contributed by atoms with Gasteiger partial charge in [-0.3, -0.25) is 9.69 Å². The Labute approximate surface area is 146 Å². The molecule has 1 saturated heterocycles. The van der Waals surface area contributed by atoms with Crippen LogP contribution in [0.4, 0.5) is 5.82 Å². The minimum absolute atomic E-state index is 0.00560. The second-order valence-electron chi connectivity index (χ2n) is 6.02. The molecule has 1 amide bonds. The number of hydrogen-bond acceptors (Lipinski definition) is 7. The molecule has 3 heterocycles. The number of hydrogen-bond donors (Lipinski definition) is 2. The van der Waals surface area contributed by atoms with Crippen molar-refractivity contribution in [1.82, 2.24) is 20.4 Å². The van der Waals surface area contributed by atoms with Crippen LogP contribution in [0.15, 0.2) is 41.1 Å². The maximum atomic E-state index is 12.2. The molecule has 3 rings (SSSR count). The lowest BCUT2D eigenvalue weighted by Gasteiger charge is -2.32. The Morgan fingerprint density at radius 1 is 1.44 bits per heavy atom. The molecule has 0 radical (unpaired) electrons. The molecule has 2 aromatic rings. The van der Waals surface area contributed by atoms with Gasteiger partial charge in [0.05, 0.1) is 31.6 Å². The van der Waals surface area contributed by atoms with Gasteiger partial charge >= 0.3 is 0 Å². The summed E-state index contributed by atoms with van der Waals surface area (Å²) in [6.45, 7) is 4.91. The highest BCUT2D eigenvalue weighted by molar-refractivity contribution is 5.78. The maximum Gasteiger partial charge on any atom is 0.234 e. The first-order valence-corrected chi connectivity index (χ1v) is 8.39. The molecule has 0 bridgehead atoms. The number of aromatic nitrogens is 2. The van der Waals surface area contributed by atoms with Crippen LogP contribution in [0, 0.1) is 0 Å². The molecule has 8 heteroatoms. The fourth-order valence-electron chi connectivity index (χ4n) is 2.76. The molecule has 2 aromatic heterocycles. The van der Waals surface area contributed by atoms with Crippen molar-refractivity contribution in [3.63, 3.8) is 0 Å². The molecule has 1 aliphatic rings. The fourth-order valence-corrected chi connectivity index (χ4v) is 2.76. The predicted octanol–water partition coefficient (Wildman–Crippen LogP) is 1.06. The molecule has 134 valence electrons. The summed E-state index contributed by atoms with van der Waals surface area (Å²) < 4.78 is 11.1. The van der Waals surface area contributed by atoms with Crippen LogP contribution in [-0.4, -0.2) is 59.9 Å². The number of carbonyl (C=O) groups excluding carboxylic acids is 1. The first kappa shape index (κ1) is 17.4. The van der Waals surface area contributed by atoms with Crippen LogP contribution in [0.3, 0.4) is 0 Å². The highest BCUT2D eigenvalue weighted by Gasteiger charge is 2.23. The summed E-state index contributed by atoms with van der Waals surface area (Å²) in [4.78, 5) is 14.3. The van der Waals surface area contributed by atoms with Crippen molar-refractivity contribution in [3.05, 3.63) is 42.5 Å². The third-order valence-corrected chi connectivity index (χ3v) is 4.02. The van der Waals surface area contributed by atoms with Gasteiger partial charge in [0.2, 0.25) is 5.91 Å². The van der Waals surface area contributed by atoms with Crippen LogP contribution in [0.1, 0.15) is 18.7 Å². The maximum absolute atomic E-state index is 12.2. The van der Waals surface area contributed by atoms with Crippen LogP contribution >= 0.6 is 0 Å². The van der Waals surface area contributed by atoms with Crippen LogP contribution in [0.25, 0.3) is 0 Å². The second-order valence-corrected chi connectivity index (χ2v) is 6.02. The van der Waals surface area contributed by atoms with E-state index in [-0.39, 0.29) is 18.1 Å². The highest BCUT2D eigenvalue weighted by Crippen LogP contribution is 2.12. The summed E-state index contributed by atoms with van der Waals surface area (Å²) in [5.74, 6) is 1.45. The van der Waals surface area contributed by atoms with Gasteiger partial charge in [0, 0.05) is 25.8 Å². The molecule has 25 heavy (non-hydrogen) atoms. The number of anilines is 1. The van der Waals surface area contributed by atoms with E-state index in [1.807, 2.05) is 31.2 Å². The van der Waals surface area contributed by atoms with Crippen molar-refractivity contribution < 1.29 is 13.9 Å². The molecule has 0 saturated carbocycles. The van der Waals surface area contributed by atoms with Gasteiger partial charge in [0.25, 0.3) is 0 Å². The number of furan rings is 1. The van der Waals surface area contributed by atoms with E-state index >= 15 is 0 Å². The first-order valence-electron chi connectivity index (χ1n) is 8.39. The number of ether oxygens (including phenoxy) is 1. The smallest absolute Gasteiger partial charge is 0.234 e. The van der Waals surface area contributed by atoms with E-state index in [1.54, 1.807) is 12.5 Å². The zero-order valence-electron chi connectivity index (χ0n) is 14.2. The fraction of sp³-hybridized carbons (Fsp3) is 0.471. The molecule has 0 spiro atoms. The summed E-state index contributed by atoms with van der Waals surface area (Å²) in [7, 11) is 0. The number of rotatable bonds is 7. The van der Waals surface area contributed by atoms with Crippen molar-refractivity contribution in [2.75, 3.05) is 38.1 Å². The summed E-state index contributed by atoms with van der Waals surface area (Å²) in [6.07, 6.45) is 3.24. The molecule has 0 aliphatic carbocycles. The molecular weight excluding hydrogens is 322 g/mol. The van der Waals surface area contributed by atoms with E-state index in [0.29, 0.717) is 32.1 Å². The molecule has 1 fully saturated rings. The Kier molecular flexibility index (Phi) is 5.97. The van der Waals surface area contributed by atoms with Crippen molar-refractivity contribution in [2.45, 2.75) is 19.1 Å². The van der Waals surface area contributed by atoms with E-state index in [9.17, 15) is 4.79 Å². The molecule has 0 aromatic carbocycles. The topological polar surface area (TPSA) is 92.5 Å². The number of carbonyl (C=O) groups is 1. The molecule has 2 unspecified atom stereocenters. The third-order valence-electron chi connectivity index (χ3n) is 4.02. The van der Waals surface area contributed by atoms with Crippen molar-refractivity contribution >= 4 is 11.7 Å². The lowest BCUT2D eigenvalue weighted by atomic mass is 10.2. The van der Waals surface area contributed by atoms with Gasteiger partial charge in [-0.2, -0.15) is 5.10 Å². The summed E-state index contributed by atoms with van der Waals surface area (Å²) in [5, 5.41) is 14.0. The highest BCUT2D eigenvalue weighted by atomic mass is 16.5. The van der Waals surface area contributed by atoms with Crippen LogP contribution in [0.2, 0.25) is 0 Å². The Morgan fingerprint density at radius 2 is 2.36 bits per heavy atom. The monoisotopic (exact) mass is 345 g/mol. The van der Waals surface area contributed by atoms with E-state index < -0.39 is 0 Å². The quantitative estimate of drug-likeness (QED) is 0.775. The van der Waals surface area contributed by atoms with Gasteiger partial charge in [0.1, 0.15) is 11.6 Å². The largest absolute Gasteiger partial charge is 0.467 e. The predicted molar refractivity (Wildman–Crippen MR) is 92.0 cm³/mol. The lowest BCUT2D eigenvalue weighted by molar-refractivity contribution is -0.124. The average molecular weight is 345 g/mol. The van der Waals surface area contributed by atoms with Gasteiger partial charge in [-0.05, 0) is 31.2 Å². The number of amides is 1. The number of nitrogens with zero attached hydrogens (tertiary/aromatic N) is 3. The van der Waals surface area contributed by atoms with Crippen molar-refractivity contribution in [1.29, 1.82) is 0 Å². The van der Waals surface area contributed by atoms with Crippen LogP contribution in [-0.2, 0) is 9.53 Å². The minimum atomic E-state index is -0.141. The van der Waals surface area contributed by atoms with Gasteiger partial charge in [-0.25, -0.2) is 0 Å². The average Bonchev–Trinajstić information content (AvgIpc) is 3.16. The molecular formula is C17H23N5O3. The Morgan fingerprint density at radius 3 is 3.12 bits per heavy atom. The van der Waals surface area contributed by atoms with Crippen molar-refractivity contribution in [3.8, 4) is 0 Å². The first-order chi connectivity index (χ1) is 12.2. The summed E-state index contributed by atoms with van der Waals surface area (Å²) in [6, 6.07) is 7.21. The number of morpholine rings is 1. The molecule has 2 N–H and O–H groups in total. The van der Waals surface area contributed by atoms with E-state index in [1.165, 1.54) is 0 Å². The minimum Gasteiger partial charge on any atom is -0.467 e. The SMILES string of the molecule is CC(NC(=O)CN1CCOC(CNc2cccnn2)C1)c1ccco1. The van der Waals surface area contributed by atoms with Crippen molar-refractivity contribution in [2.24, 2.45) is 0 Å². The van der Waals surface area contributed by atoms with Gasteiger partial charge in [-0.1, -0.05) is 0 Å². The van der Waals surface area contributed by atoms with Gasteiger partial charge in [0.15, 0.2) is 0 Å². The Bertz CT molecular complexity index is 650. The Balaban J connectivity index is 1.42. The van der Waals surface area contributed by atoms with Gasteiger partial charge < -0.3 is 19.8 Å². The van der Waals surface area contributed by atoms with Gasteiger partial charge in [-0.15, -0.1) is 5.10 Å². The van der Waals surface area contributed by atoms with E-state index in [4.69, 9.17) is 9.15 Å². The number of nitrogens with one attached hydrogen (secondary N) is 2. The summed E-state index contributed by atoms with van der Waals surface area (Å²) >= 11 is 0. The molecule has 8 nitrogen and oxygen atoms in total. The molecule has 1 aliphatic heterocycles. The third kappa shape index (κ3) is 5.27. The summed E-state index contributed by atoms with van der Waals surface area (Å²) in [5.41, 5.74) is 0. The zero-order valence-corrected chi connectivity index (χ0v) is 14.2.